The van der Waals surface area contributed by atoms with Gasteiger partial charge in [-0.15, -0.1) is 0 Å². The Labute approximate surface area is 94.6 Å². The number of aromatic carboxylic acids is 1. The van der Waals surface area contributed by atoms with E-state index in [1.807, 2.05) is 0 Å². The molecule has 0 unspecified atom stereocenters. The van der Waals surface area contributed by atoms with Crippen LogP contribution in [0.4, 0.5) is 8.78 Å². The number of benzene rings is 1. The van der Waals surface area contributed by atoms with Crippen LogP contribution >= 0.6 is 0 Å². The number of halogens is 2. The highest BCUT2D eigenvalue weighted by Gasteiger charge is 2.34. The van der Waals surface area contributed by atoms with Crippen molar-refractivity contribution in [3.8, 4) is 0 Å². The van der Waals surface area contributed by atoms with Crippen LogP contribution in [0.5, 0.6) is 0 Å². The molecule has 1 aromatic carbocycles. The third kappa shape index (κ3) is 1.42. The van der Waals surface area contributed by atoms with E-state index in [4.69, 9.17) is 9.52 Å². The van der Waals surface area contributed by atoms with Gasteiger partial charge in [0.1, 0.15) is 0 Å². The number of carboxylic acid groups (broad SMARTS) is 1. The van der Waals surface area contributed by atoms with Crippen molar-refractivity contribution in [3.63, 3.8) is 0 Å². The molecule has 1 aliphatic rings. The summed E-state index contributed by atoms with van der Waals surface area (Å²) in [5.74, 6) is -3.59. The summed E-state index contributed by atoms with van der Waals surface area (Å²) in [6, 6.07) is 2.36. The molecule has 1 fully saturated rings. The van der Waals surface area contributed by atoms with Crippen molar-refractivity contribution in [2.24, 2.45) is 0 Å². The van der Waals surface area contributed by atoms with Crippen molar-refractivity contribution in [1.82, 2.24) is 0 Å². The summed E-state index contributed by atoms with van der Waals surface area (Å²) in [5, 5.41) is 9.36. The van der Waals surface area contributed by atoms with Crippen LogP contribution in [0.3, 0.4) is 0 Å². The molecule has 3 rings (SSSR count). The van der Waals surface area contributed by atoms with E-state index in [2.05, 4.69) is 0 Å². The monoisotopic (exact) mass is 238 g/mol. The molecule has 5 heteroatoms. The molecular formula is C12H8F2O3. The van der Waals surface area contributed by atoms with Crippen LogP contribution in [0.2, 0.25) is 0 Å². The molecule has 0 atom stereocenters. The standard InChI is InChI=1S/C12H8F2O3/c13-7-4-3-6-8(5-1-2-5)11(12(15)16)17-10(6)9(7)14/h3-5H,1-2H2,(H,15,16). The van der Waals surface area contributed by atoms with Crippen molar-refractivity contribution >= 4 is 16.9 Å². The molecule has 1 aromatic heterocycles. The Balaban J connectivity index is 2.37. The summed E-state index contributed by atoms with van der Waals surface area (Å²) in [5.41, 5.74) is 0.190. The zero-order valence-corrected chi connectivity index (χ0v) is 8.67. The van der Waals surface area contributed by atoms with E-state index in [1.54, 1.807) is 0 Å². The van der Waals surface area contributed by atoms with Gasteiger partial charge in [0.2, 0.25) is 11.6 Å². The van der Waals surface area contributed by atoms with Crippen LogP contribution < -0.4 is 0 Å². The number of carboxylic acids is 1. The van der Waals surface area contributed by atoms with E-state index in [-0.39, 0.29) is 17.3 Å². The van der Waals surface area contributed by atoms with Crippen molar-refractivity contribution < 1.29 is 23.1 Å². The van der Waals surface area contributed by atoms with Crippen LogP contribution in [0.1, 0.15) is 34.9 Å². The first-order valence-electron chi connectivity index (χ1n) is 5.23. The van der Waals surface area contributed by atoms with Gasteiger partial charge in [-0.05, 0) is 30.9 Å². The van der Waals surface area contributed by atoms with E-state index in [9.17, 15) is 13.6 Å². The van der Waals surface area contributed by atoms with E-state index in [0.717, 1.165) is 18.9 Å². The molecular weight excluding hydrogens is 230 g/mol. The largest absolute Gasteiger partial charge is 0.475 e. The Morgan fingerprint density at radius 1 is 1.35 bits per heavy atom. The first kappa shape index (κ1) is 10.3. The average molecular weight is 238 g/mol. The molecule has 0 saturated heterocycles. The fourth-order valence-electron chi connectivity index (χ4n) is 2.06. The van der Waals surface area contributed by atoms with Gasteiger partial charge in [0.05, 0.1) is 0 Å². The molecule has 1 saturated carbocycles. The molecule has 3 nitrogen and oxygen atoms in total. The first-order valence-corrected chi connectivity index (χ1v) is 5.23. The molecule has 0 aliphatic heterocycles. The quantitative estimate of drug-likeness (QED) is 0.873. The summed E-state index contributed by atoms with van der Waals surface area (Å²) in [6.07, 6.45) is 1.71. The summed E-state index contributed by atoms with van der Waals surface area (Å²) >= 11 is 0. The molecule has 1 heterocycles. The molecule has 0 spiro atoms. The molecule has 17 heavy (non-hydrogen) atoms. The van der Waals surface area contributed by atoms with Gasteiger partial charge in [-0.25, -0.2) is 9.18 Å². The maximum atomic E-state index is 13.5. The fourth-order valence-corrected chi connectivity index (χ4v) is 2.06. The second-order valence-electron chi connectivity index (χ2n) is 4.16. The maximum absolute atomic E-state index is 13.5. The third-order valence-corrected chi connectivity index (χ3v) is 2.97. The third-order valence-electron chi connectivity index (χ3n) is 2.97. The van der Waals surface area contributed by atoms with Gasteiger partial charge >= 0.3 is 5.97 Å². The van der Waals surface area contributed by atoms with Gasteiger partial charge in [-0.3, -0.25) is 0 Å². The second kappa shape index (κ2) is 3.29. The van der Waals surface area contributed by atoms with E-state index in [0.29, 0.717) is 10.9 Å². The molecule has 0 bridgehead atoms. The minimum Gasteiger partial charge on any atom is -0.475 e. The van der Waals surface area contributed by atoms with Crippen molar-refractivity contribution in [2.45, 2.75) is 18.8 Å². The summed E-state index contributed by atoms with van der Waals surface area (Å²) in [7, 11) is 0. The SMILES string of the molecule is O=C(O)c1oc2c(F)c(F)ccc2c1C1CC1. The summed E-state index contributed by atoms with van der Waals surface area (Å²) in [4.78, 5) is 11.0. The Morgan fingerprint density at radius 2 is 2.06 bits per heavy atom. The molecule has 88 valence electrons. The zero-order chi connectivity index (χ0) is 12.2. The van der Waals surface area contributed by atoms with Crippen LogP contribution in [-0.4, -0.2) is 11.1 Å². The first-order chi connectivity index (χ1) is 8.09. The Kier molecular flexibility index (Phi) is 1.98. The van der Waals surface area contributed by atoms with Gasteiger partial charge in [-0.2, -0.15) is 4.39 Å². The zero-order valence-electron chi connectivity index (χ0n) is 8.67. The number of hydrogen-bond donors (Lipinski definition) is 1. The minimum atomic E-state index is -1.25. The van der Waals surface area contributed by atoms with Crippen LogP contribution in [0.15, 0.2) is 16.5 Å². The number of carbonyl (C=O) groups is 1. The molecule has 1 N–H and O–H groups in total. The Morgan fingerprint density at radius 3 is 2.65 bits per heavy atom. The number of furan rings is 1. The van der Waals surface area contributed by atoms with Crippen molar-refractivity contribution in [3.05, 3.63) is 35.1 Å². The van der Waals surface area contributed by atoms with E-state index >= 15 is 0 Å². The van der Waals surface area contributed by atoms with E-state index < -0.39 is 17.6 Å². The number of fused-ring (bicyclic) bond motifs is 1. The number of hydrogen-bond acceptors (Lipinski definition) is 2. The van der Waals surface area contributed by atoms with Gasteiger partial charge in [0.15, 0.2) is 11.4 Å². The molecule has 0 radical (unpaired) electrons. The highest BCUT2D eigenvalue weighted by atomic mass is 19.2. The molecule has 1 aliphatic carbocycles. The molecule has 0 amide bonds. The Hall–Kier alpha value is -1.91. The lowest BCUT2D eigenvalue weighted by Gasteiger charge is -1.96. The van der Waals surface area contributed by atoms with Gasteiger partial charge in [-0.1, -0.05) is 0 Å². The van der Waals surface area contributed by atoms with Gasteiger partial charge < -0.3 is 9.52 Å². The van der Waals surface area contributed by atoms with Gasteiger partial charge in [0, 0.05) is 10.9 Å². The smallest absolute Gasteiger partial charge is 0.372 e. The Bertz CT molecular complexity index is 626. The van der Waals surface area contributed by atoms with Crippen molar-refractivity contribution in [1.29, 1.82) is 0 Å². The molecule has 2 aromatic rings. The summed E-state index contributed by atoms with van der Waals surface area (Å²) < 4.78 is 31.5. The lowest BCUT2D eigenvalue weighted by Crippen LogP contribution is -1.97. The maximum Gasteiger partial charge on any atom is 0.372 e. The fraction of sp³-hybridized carbons (Fsp3) is 0.250. The van der Waals surface area contributed by atoms with Crippen LogP contribution in [0, 0.1) is 11.6 Å². The number of rotatable bonds is 2. The normalized spacial score (nSPS) is 15.4. The average Bonchev–Trinajstić information content (AvgIpc) is 3.04. The second-order valence-corrected chi connectivity index (χ2v) is 4.16. The summed E-state index contributed by atoms with van der Waals surface area (Å²) in [6.45, 7) is 0. The van der Waals surface area contributed by atoms with E-state index in [1.165, 1.54) is 6.07 Å². The van der Waals surface area contributed by atoms with Crippen LogP contribution in [0.25, 0.3) is 11.0 Å². The lowest BCUT2D eigenvalue weighted by atomic mass is 10.1. The topological polar surface area (TPSA) is 50.4 Å². The lowest BCUT2D eigenvalue weighted by molar-refractivity contribution is 0.0663. The van der Waals surface area contributed by atoms with Gasteiger partial charge in [0.25, 0.3) is 0 Å². The highest BCUT2D eigenvalue weighted by molar-refractivity contribution is 5.96. The predicted molar refractivity (Wildman–Crippen MR) is 55.1 cm³/mol. The van der Waals surface area contributed by atoms with Crippen molar-refractivity contribution in [2.75, 3.05) is 0 Å². The highest BCUT2D eigenvalue weighted by Crippen LogP contribution is 2.46. The van der Waals surface area contributed by atoms with Crippen LogP contribution in [-0.2, 0) is 0 Å². The minimum absolute atomic E-state index is 0.0900. The predicted octanol–water partition coefficient (Wildman–Crippen LogP) is 3.29.